The van der Waals surface area contributed by atoms with Gasteiger partial charge in [-0.3, -0.25) is 4.55 Å². The van der Waals surface area contributed by atoms with Crippen LogP contribution in [0.1, 0.15) is 12.0 Å². The van der Waals surface area contributed by atoms with Crippen molar-refractivity contribution in [2.24, 2.45) is 17.3 Å². The van der Waals surface area contributed by atoms with Crippen LogP contribution in [0.3, 0.4) is 0 Å². The zero-order valence-electron chi connectivity index (χ0n) is 14.2. The van der Waals surface area contributed by atoms with Crippen molar-refractivity contribution in [2.75, 3.05) is 25.1 Å². The Labute approximate surface area is 150 Å². The number of azo groups is 1. The van der Waals surface area contributed by atoms with Crippen LogP contribution in [0, 0.1) is 6.92 Å². The molecule has 2 aromatic rings. The first kappa shape index (κ1) is 19.4. The standard InChI is InChI=1S/C14H19N5O4S2/c1-11-9-12(18(2)7-4-8-23-25(20,21)22)5-6-13(11)16-17-14-19(3)15-10-24-14/h5-6,9-10H,4,7-8H2,1-3H3/p+1. The summed E-state index contributed by atoms with van der Waals surface area (Å²) in [5.74, 6) is 0. The first-order chi connectivity index (χ1) is 11.8. The molecule has 0 saturated heterocycles. The number of hydrogen-bond donors (Lipinski definition) is 1. The van der Waals surface area contributed by atoms with Crippen molar-refractivity contribution >= 4 is 38.2 Å². The van der Waals surface area contributed by atoms with Gasteiger partial charge in [0.15, 0.2) is 0 Å². The monoisotopic (exact) mass is 386 g/mol. The SMILES string of the molecule is Cc1cc(N(C)CCCOS(=O)(=O)O)ccc1N=Nc1scn[n+]1C. The molecule has 1 N–H and O–H groups in total. The van der Waals surface area contributed by atoms with Crippen LogP contribution in [0.25, 0.3) is 0 Å². The van der Waals surface area contributed by atoms with E-state index in [1.165, 1.54) is 11.3 Å². The fraction of sp³-hybridized carbons (Fsp3) is 0.429. The van der Waals surface area contributed by atoms with Crippen molar-refractivity contribution in [1.82, 2.24) is 5.10 Å². The second-order valence-corrected chi connectivity index (χ2v) is 7.24. The highest BCUT2D eigenvalue weighted by Gasteiger charge is 2.11. The van der Waals surface area contributed by atoms with Crippen LogP contribution >= 0.6 is 11.3 Å². The molecular weight excluding hydrogens is 366 g/mol. The summed E-state index contributed by atoms with van der Waals surface area (Å²) >= 11 is 1.41. The number of hydrogen-bond acceptors (Lipinski definition) is 8. The number of nitrogens with zero attached hydrogens (tertiary/aromatic N) is 5. The maximum absolute atomic E-state index is 10.5. The smallest absolute Gasteiger partial charge is 0.375 e. The van der Waals surface area contributed by atoms with Gasteiger partial charge in [-0.2, -0.15) is 8.42 Å². The van der Waals surface area contributed by atoms with E-state index in [1.807, 2.05) is 44.1 Å². The highest BCUT2D eigenvalue weighted by Crippen LogP contribution is 2.26. The van der Waals surface area contributed by atoms with E-state index in [9.17, 15) is 8.42 Å². The molecule has 11 heteroatoms. The minimum Gasteiger partial charge on any atom is -0.375 e. The minimum absolute atomic E-state index is 0.0691. The third kappa shape index (κ3) is 6.12. The third-order valence-corrected chi connectivity index (χ3v) is 4.61. The molecule has 0 amide bonds. The lowest BCUT2D eigenvalue weighted by atomic mass is 10.1. The second-order valence-electron chi connectivity index (χ2n) is 5.34. The fourth-order valence-electron chi connectivity index (χ4n) is 2.04. The number of anilines is 1. The number of aromatic nitrogens is 2. The van der Waals surface area contributed by atoms with Gasteiger partial charge in [0.25, 0.3) is 0 Å². The summed E-state index contributed by atoms with van der Waals surface area (Å²) in [7, 11) is -0.677. The van der Waals surface area contributed by atoms with Crippen molar-refractivity contribution in [3.05, 3.63) is 29.3 Å². The van der Waals surface area contributed by atoms with Gasteiger partial charge >= 0.3 is 15.5 Å². The Balaban J connectivity index is 1.96. The lowest BCUT2D eigenvalue weighted by molar-refractivity contribution is -0.713. The molecule has 136 valence electrons. The zero-order chi connectivity index (χ0) is 18.4. The Bertz CT molecular complexity index is 851. The lowest BCUT2D eigenvalue weighted by Crippen LogP contribution is -2.28. The van der Waals surface area contributed by atoms with Crippen molar-refractivity contribution in [1.29, 1.82) is 0 Å². The molecule has 1 aromatic heterocycles. The second kappa shape index (κ2) is 8.43. The molecule has 0 bridgehead atoms. The Morgan fingerprint density at radius 3 is 2.76 bits per heavy atom. The van der Waals surface area contributed by atoms with Gasteiger partial charge < -0.3 is 4.90 Å². The largest absolute Gasteiger partial charge is 0.429 e. The summed E-state index contributed by atoms with van der Waals surface area (Å²) in [6.07, 6.45) is 0.457. The van der Waals surface area contributed by atoms with Crippen LogP contribution in [0.5, 0.6) is 0 Å². The van der Waals surface area contributed by atoms with Crippen molar-refractivity contribution in [2.45, 2.75) is 13.3 Å². The maximum Gasteiger partial charge on any atom is 0.429 e. The van der Waals surface area contributed by atoms with Gasteiger partial charge in [0.2, 0.25) is 0 Å². The van der Waals surface area contributed by atoms with Gasteiger partial charge in [0.05, 0.1) is 11.7 Å². The molecule has 0 aliphatic carbocycles. The van der Waals surface area contributed by atoms with Crippen LogP contribution in [-0.4, -0.2) is 38.3 Å². The summed E-state index contributed by atoms with van der Waals surface area (Å²) in [5, 5.41) is 13.2. The summed E-state index contributed by atoms with van der Waals surface area (Å²) in [4.78, 5) is 1.96. The van der Waals surface area contributed by atoms with Gasteiger partial charge in [-0.05, 0) is 53.6 Å². The van der Waals surface area contributed by atoms with Crippen LogP contribution in [0.4, 0.5) is 16.5 Å². The topological polar surface area (TPSA) is 108 Å². The number of benzene rings is 1. The predicted molar refractivity (Wildman–Crippen MR) is 94.0 cm³/mol. The molecule has 0 aliphatic rings. The summed E-state index contributed by atoms with van der Waals surface area (Å²) < 4.78 is 35.5. The molecule has 1 aromatic carbocycles. The highest BCUT2D eigenvalue weighted by molar-refractivity contribution is 7.80. The third-order valence-electron chi connectivity index (χ3n) is 3.39. The van der Waals surface area contributed by atoms with Gasteiger partial charge in [0, 0.05) is 19.3 Å². The normalized spacial score (nSPS) is 12.0. The van der Waals surface area contributed by atoms with Gasteiger partial charge in [0.1, 0.15) is 18.2 Å². The van der Waals surface area contributed by atoms with Crippen molar-refractivity contribution in [3.8, 4) is 0 Å². The van der Waals surface area contributed by atoms with E-state index in [0.717, 1.165) is 16.9 Å². The van der Waals surface area contributed by atoms with Crippen LogP contribution in [0.2, 0.25) is 0 Å². The molecule has 0 spiro atoms. The van der Waals surface area contributed by atoms with E-state index in [-0.39, 0.29) is 6.61 Å². The van der Waals surface area contributed by atoms with Gasteiger partial charge in [-0.25, -0.2) is 4.18 Å². The molecule has 1 heterocycles. The Morgan fingerprint density at radius 2 is 2.16 bits per heavy atom. The molecule has 25 heavy (non-hydrogen) atoms. The van der Waals surface area contributed by atoms with E-state index in [0.29, 0.717) is 18.1 Å². The molecule has 0 fully saturated rings. The quantitative estimate of drug-likeness (QED) is 0.323. The van der Waals surface area contributed by atoms with Crippen LogP contribution in [-0.2, 0) is 21.6 Å². The summed E-state index contributed by atoms with van der Waals surface area (Å²) in [6.45, 7) is 2.45. The molecule has 0 atom stereocenters. The molecule has 9 nitrogen and oxygen atoms in total. The van der Waals surface area contributed by atoms with Crippen LogP contribution < -0.4 is 9.58 Å². The summed E-state index contributed by atoms with van der Waals surface area (Å²) in [5.41, 5.74) is 4.40. The molecule has 0 radical (unpaired) electrons. The molecule has 0 aliphatic heterocycles. The first-order valence-electron chi connectivity index (χ1n) is 7.41. The van der Waals surface area contributed by atoms with Gasteiger partial charge in [-0.15, -0.1) is 4.68 Å². The maximum atomic E-state index is 10.5. The van der Waals surface area contributed by atoms with Crippen LogP contribution in [0.15, 0.2) is 33.9 Å². The highest BCUT2D eigenvalue weighted by atomic mass is 32.3. The predicted octanol–water partition coefficient (Wildman–Crippen LogP) is 2.34. The number of aryl methyl sites for hydroxylation is 2. The van der Waals surface area contributed by atoms with Crippen molar-refractivity contribution < 1.29 is 21.8 Å². The molecular formula is C14H20N5O4S2+. The lowest BCUT2D eigenvalue weighted by Gasteiger charge is -2.19. The van der Waals surface area contributed by atoms with E-state index < -0.39 is 10.4 Å². The van der Waals surface area contributed by atoms with Crippen molar-refractivity contribution in [3.63, 3.8) is 0 Å². The Hall–Kier alpha value is -1.95. The summed E-state index contributed by atoms with van der Waals surface area (Å²) in [6, 6.07) is 5.77. The van der Waals surface area contributed by atoms with E-state index in [4.69, 9.17) is 4.55 Å². The first-order valence-corrected chi connectivity index (χ1v) is 9.66. The average Bonchev–Trinajstić information content (AvgIpc) is 2.94. The Kier molecular flexibility index (Phi) is 6.53. The van der Waals surface area contributed by atoms with E-state index in [2.05, 4.69) is 19.5 Å². The molecule has 0 saturated carbocycles. The van der Waals surface area contributed by atoms with E-state index in [1.54, 1.807) is 10.2 Å². The fourth-order valence-corrected chi connectivity index (χ4v) is 2.94. The minimum atomic E-state index is -4.37. The number of rotatable bonds is 8. The van der Waals surface area contributed by atoms with Gasteiger partial charge in [-0.1, -0.05) is 5.10 Å². The molecule has 2 rings (SSSR count). The zero-order valence-corrected chi connectivity index (χ0v) is 15.8. The molecule has 0 unspecified atom stereocenters. The van der Waals surface area contributed by atoms with E-state index >= 15 is 0 Å². The average molecular weight is 386 g/mol. The Morgan fingerprint density at radius 1 is 1.40 bits per heavy atom.